The maximum absolute atomic E-state index is 11.9. The molecule has 6 heteroatoms. The van der Waals surface area contributed by atoms with Crippen molar-refractivity contribution in [2.24, 2.45) is 0 Å². The Morgan fingerprint density at radius 2 is 1.87 bits per heavy atom. The van der Waals surface area contributed by atoms with Gasteiger partial charge in [-0.2, -0.15) is 0 Å². The molecule has 162 valence electrons. The van der Waals surface area contributed by atoms with E-state index in [1.807, 2.05) is 55.5 Å². The van der Waals surface area contributed by atoms with Crippen LogP contribution in [0.4, 0.5) is 0 Å². The molecule has 1 aliphatic heterocycles. The molecule has 1 saturated heterocycles. The fourth-order valence-electron chi connectivity index (χ4n) is 3.88. The second-order valence-electron chi connectivity index (χ2n) is 7.97. The second-order valence-corrected chi connectivity index (χ2v) is 7.97. The van der Waals surface area contributed by atoms with E-state index in [1.165, 1.54) is 12.7 Å². The molecule has 0 saturated carbocycles. The molecule has 2 aromatic carbocycles. The highest BCUT2D eigenvalue weighted by atomic mass is 16.5. The summed E-state index contributed by atoms with van der Waals surface area (Å²) in [5.74, 6) is 1.99. The summed E-state index contributed by atoms with van der Waals surface area (Å²) in [6.45, 7) is 5.93. The first-order valence-corrected chi connectivity index (χ1v) is 10.6. The summed E-state index contributed by atoms with van der Waals surface area (Å²) in [4.78, 5) is 18.7. The van der Waals surface area contributed by atoms with E-state index in [4.69, 9.17) is 13.9 Å². The summed E-state index contributed by atoms with van der Waals surface area (Å²) >= 11 is 0. The Bertz CT molecular complexity index is 1020. The molecular weight excluding hydrogens is 392 g/mol. The van der Waals surface area contributed by atoms with E-state index in [0.29, 0.717) is 12.5 Å². The molecule has 3 aromatic rings. The van der Waals surface area contributed by atoms with Crippen LogP contribution >= 0.6 is 0 Å². The minimum Gasteiger partial charge on any atom is -0.487 e. The average molecular weight is 421 g/mol. The van der Waals surface area contributed by atoms with Gasteiger partial charge < -0.3 is 13.9 Å². The quantitative estimate of drug-likeness (QED) is 0.518. The Balaban J connectivity index is 1.36. The van der Waals surface area contributed by atoms with Crippen LogP contribution in [-0.2, 0) is 22.7 Å². The van der Waals surface area contributed by atoms with Gasteiger partial charge in [-0.25, -0.2) is 4.98 Å². The zero-order valence-electron chi connectivity index (χ0n) is 18.3. The number of ether oxygens (including phenoxy) is 2. The summed E-state index contributed by atoms with van der Waals surface area (Å²) in [6, 6.07) is 15.9. The maximum Gasteiger partial charge on any atom is 0.323 e. The molecule has 1 aliphatic rings. The third-order valence-corrected chi connectivity index (χ3v) is 5.71. The van der Waals surface area contributed by atoms with Crippen LogP contribution in [0.15, 0.2) is 52.9 Å². The van der Waals surface area contributed by atoms with E-state index in [9.17, 15) is 4.79 Å². The summed E-state index contributed by atoms with van der Waals surface area (Å²) < 4.78 is 16.7. The number of oxazole rings is 1. The van der Waals surface area contributed by atoms with Gasteiger partial charge in [0.2, 0.25) is 5.89 Å². The Kier molecular flexibility index (Phi) is 6.37. The molecule has 0 aliphatic carbocycles. The van der Waals surface area contributed by atoms with E-state index in [1.54, 1.807) is 0 Å². The molecule has 0 bridgehead atoms. The number of aryl methyl sites for hydroxylation is 2. The number of hydrogen-bond donors (Lipinski definition) is 0. The zero-order valence-corrected chi connectivity index (χ0v) is 18.3. The van der Waals surface area contributed by atoms with Gasteiger partial charge in [0.25, 0.3) is 0 Å². The molecule has 1 aromatic heterocycles. The number of rotatable bonds is 7. The summed E-state index contributed by atoms with van der Waals surface area (Å²) in [5, 5.41) is 0. The molecule has 0 N–H and O–H groups in total. The van der Waals surface area contributed by atoms with Gasteiger partial charge in [-0.05, 0) is 63.1 Å². The number of esters is 1. The van der Waals surface area contributed by atoms with Crippen molar-refractivity contribution in [3.8, 4) is 17.2 Å². The fourth-order valence-corrected chi connectivity index (χ4v) is 3.88. The number of nitrogens with zero attached hydrogens (tertiary/aromatic N) is 2. The topological polar surface area (TPSA) is 64.8 Å². The van der Waals surface area contributed by atoms with E-state index in [-0.39, 0.29) is 12.0 Å². The van der Waals surface area contributed by atoms with Crippen LogP contribution in [0.25, 0.3) is 11.5 Å². The first kappa shape index (κ1) is 21.1. The lowest BCUT2D eigenvalue weighted by Gasteiger charge is -2.22. The summed E-state index contributed by atoms with van der Waals surface area (Å²) in [5.41, 5.74) is 4.08. The van der Waals surface area contributed by atoms with E-state index >= 15 is 0 Å². The predicted octanol–water partition coefficient (Wildman–Crippen LogP) is 4.67. The van der Waals surface area contributed by atoms with Crippen molar-refractivity contribution in [3.63, 3.8) is 0 Å². The van der Waals surface area contributed by atoms with Crippen LogP contribution < -0.4 is 4.74 Å². The van der Waals surface area contributed by atoms with Crippen LogP contribution in [0.5, 0.6) is 5.75 Å². The van der Waals surface area contributed by atoms with Crippen molar-refractivity contribution < 1.29 is 18.7 Å². The van der Waals surface area contributed by atoms with Crippen LogP contribution in [0.1, 0.15) is 35.4 Å². The number of likely N-dealkylation sites (tertiary alicyclic amines) is 1. The number of hydrogen-bond acceptors (Lipinski definition) is 6. The fraction of sp³-hybridized carbons (Fsp3) is 0.360. The van der Waals surface area contributed by atoms with Gasteiger partial charge in [-0.15, -0.1) is 0 Å². The number of aromatic nitrogens is 1. The van der Waals surface area contributed by atoms with Gasteiger partial charge in [-0.1, -0.05) is 29.8 Å². The minimum absolute atomic E-state index is 0.140. The lowest BCUT2D eigenvalue weighted by molar-refractivity contribution is -0.146. The molecule has 6 nitrogen and oxygen atoms in total. The third-order valence-electron chi connectivity index (χ3n) is 5.71. The van der Waals surface area contributed by atoms with Crippen LogP contribution in [0.2, 0.25) is 0 Å². The van der Waals surface area contributed by atoms with Gasteiger partial charge in [0, 0.05) is 12.1 Å². The molecule has 31 heavy (non-hydrogen) atoms. The van der Waals surface area contributed by atoms with Crippen molar-refractivity contribution in [2.45, 2.75) is 45.9 Å². The highest BCUT2D eigenvalue weighted by Crippen LogP contribution is 2.25. The molecule has 0 unspecified atom stereocenters. The van der Waals surface area contributed by atoms with Crippen LogP contribution in [0, 0.1) is 13.8 Å². The highest BCUT2D eigenvalue weighted by Gasteiger charge is 2.31. The van der Waals surface area contributed by atoms with E-state index in [0.717, 1.165) is 54.3 Å². The smallest absolute Gasteiger partial charge is 0.323 e. The lowest BCUT2D eigenvalue weighted by atomic mass is 10.1. The normalized spacial score (nSPS) is 16.4. The van der Waals surface area contributed by atoms with Crippen molar-refractivity contribution in [1.29, 1.82) is 0 Å². The van der Waals surface area contributed by atoms with E-state index in [2.05, 4.69) is 16.8 Å². The maximum atomic E-state index is 11.9. The summed E-state index contributed by atoms with van der Waals surface area (Å²) in [7, 11) is 1.45. The van der Waals surface area contributed by atoms with Crippen LogP contribution in [0.3, 0.4) is 0 Å². The monoisotopic (exact) mass is 420 g/mol. The highest BCUT2D eigenvalue weighted by molar-refractivity contribution is 5.76. The van der Waals surface area contributed by atoms with Gasteiger partial charge in [0.1, 0.15) is 29.9 Å². The Hall–Kier alpha value is -3.12. The van der Waals surface area contributed by atoms with Gasteiger partial charge in [0.05, 0.1) is 7.11 Å². The molecule has 0 spiro atoms. The molecule has 1 atom stereocenters. The SMILES string of the molecule is COC(=O)[C@H]1CCCN1Cc1ccc(OCc2nc(-c3ccc(C)cc3)oc2C)cc1. The number of carbonyl (C=O) groups is 1. The molecule has 0 radical (unpaired) electrons. The van der Waals surface area contributed by atoms with E-state index < -0.39 is 0 Å². The Morgan fingerprint density at radius 1 is 1.13 bits per heavy atom. The molecule has 1 fully saturated rings. The molecular formula is C25H28N2O4. The number of methoxy groups -OCH3 is 1. The zero-order chi connectivity index (χ0) is 21.8. The molecule has 4 rings (SSSR count). The lowest BCUT2D eigenvalue weighted by Crippen LogP contribution is -2.36. The first-order chi connectivity index (χ1) is 15.0. The second kappa shape index (κ2) is 9.35. The minimum atomic E-state index is -0.148. The van der Waals surface area contributed by atoms with Crippen LogP contribution in [-0.4, -0.2) is 35.5 Å². The van der Waals surface area contributed by atoms with Gasteiger partial charge >= 0.3 is 5.97 Å². The van der Waals surface area contributed by atoms with Crippen molar-refractivity contribution >= 4 is 5.97 Å². The largest absolute Gasteiger partial charge is 0.487 e. The standard InChI is InChI=1S/C25H28N2O4/c1-17-6-10-20(11-7-17)24-26-22(18(2)31-24)16-30-21-12-8-19(9-13-21)15-27-14-4-5-23(27)25(28)29-3/h6-13,23H,4-5,14-16H2,1-3H3/t23-/m1/s1. The number of carbonyl (C=O) groups excluding carboxylic acids is 1. The average Bonchev–Trinajstić information content (AvgIpc) is 3.39. The number of benzene rings is 2. The predicted molar refractivity (Wildman–Crippen MR) is 118 cm³/mol. The summed E-state index contributed by atoms with van der Waals surface area (Å²) in [6.07, 6.45) is 1.87. The first-order valence-electron chi connectivity index (χ1n) is 10.6. The Labute approximate surface area is 182 Å². The molecule has 2 heterocycles. The van der Waals surface area contributed by atoms with Crippen molar-refractivity contribution in [1.82, 2.24) is 9.88 Å². The molecule has 0 amide bonds. The van der Waals surface area contributed by atoms with Gasteiger partial charge in [0.15, 0.2) is 0 Å². The van der Waals surface area contributed by atoms with Crippen molar-refractivity contribution in [3.05, 3.63) is 71.1 Å². The third kappa shape index (κ3) is 4.97. The van der Waals surface area contributed by atoms with Crippen molar-refractivity contribution in [2.75, 3.05) is 13.7 Å². The Morgan fingerprint density at radius 3 is 2.58 bits per heavy atom. The van der Waals surface area contributed by atoms with Gasteiger partial charge in [-0.3, -0.25) is 9.69 Å².